The van der Waals surface area contributed by atoms with E-state index in [1.54, 1.807) is 12.4 Å². The summed E-state index contributed by atoms with van der Waals surface area (Å²) in [6.45, 7) is 2.03. The quantitative estimate of drug-likeness (QED) is 0.756. The molecule has 0 aliphatic carbocycles. The van der Waals surface area contributed by atoms with Crippen LogP contribution in [0.25, 0.3) is 11.3 Å². The molecule has 14 heavy (non-hydrogen) atoms. The Labute approximate surface area is 82.4 Å². The molecule has 0 radical (unpaired) electrons. The monoisotopic (exact) mass is 188 g/mol. The molecule has 3 nitrogen and oxygen atoms in total. The molecule has 0 aliphatic rings. The van der Waals surface area contributed by atoms with E-state index < -0.39 is 0 Å². The van der Waals surface area contributed by atoms with Crippen molar-refractivity contribution in [2.24, 2.45) is 0 Å². The van der Waals surface area contributed by atoms with E-state index in [0.717, 1.165) is 22.5 Å². The average molecular weight is 188 g/mol. The number of nitrogens with zero attached hydrogens (tertiary/aromatic N) is 1. The molecule has 2 rings (SSSR count). The molecule has 0 bridgehead atoms. The molecule has 2 aromatic heterocycles. The maximum absolute atomic E-state index is 9.05. The fraction of sp³-hybridized carbons (Fsp3) is 0.182. The van der Waals surface area contributed by atoms with Crippen molar-refractivity contribution in [2.45, 2.75) is 13.5 Å². The highest BCUT2D eigenvalue weighted by atomic mass is 16.3. The van der Waals surface area contributed by atoms with Gasteiger partial charge in [-0.2, -0.15) is 0 Å². The predicted molar refractivity (Wildman–Crippen MR) is 54.7 cm³/mol. The Morgan fingerprint density at radius 2 is 2.07 bits per heavy atom. The van der Waals surface area contributed by atoms with Crippen molar-refractivity contribution in [3.63, 3.8) is 0 Å². The van der Waals surface area contributed by atoms with Crippen molar-refractivity contribution in [2.75, 3.05) is 0 Å². The first kappa shape index (κ1) is 8.97. The van der Waals surface area contributed by atoms with Crippen LogP contribution in [0.3, 0.4) is 0 Å². The SMILES string of the molecule is Cc1[nH]c(-c2ccncc2)cc1CO. The average Bonchev–Trinajstić information content (AvgIpc) is 2.61. The zero-order valence-corrected chi connectivity index (χ0v) is 7.99. The summed E-state index contributed by atoms with van der Waals surface area (Å²) in [6, 6.07) is 5.84. The second kappa shape index (κ2) is 3.64. The second-order valence-corrected chi connectivity index (χ2v) is 3.23. The molecule has 0 atom stereocenters. The van der Waals surface area contributed by atoms with Crippen LogP contribution in [-0.4, -0.2) is 15.1 Å². The van der Waals surface area contributed by atoms with E-state index in [9.17, 15) is 0 Å². The van der Waals surface area contributed by atoms with Gasteiger partial charge in [0, 0.05) is 29.3 Å². The fourth-order valence-corrected chi connectivity index (χ4v) is 1.45. The number of hydrogen-bond donors (Lipinski definition) is 2. The summed E-state index contributed by atoms with van der Waals surface area (Å²) in [5, 5.41) is 9.05. The number of aliphatic hydroxyl groups is 1. The predicted octanol–water partition coefficient (Wildman–Crippen LogP) is 1.88. The topological polar surface area (TPSA) is 48.9 Å². The number of hydrogen-bond acceptors (Lipinski definition) is 2. The van der Waals surface area contributed by atoms with Crippen LogP contribution in [0.1, 0.15) is 11.3 Å². The van der Waals surface area contributed by atoms with Crippen molar-refractivity contribution in [3.8, 4) is 11.3 Å². The first-order chi connectivity index (χ1) is 6.81. The van der Waals surface area contributed by atoms with E-state index in [0.29, 0.717) is 0 Å². The van der Waals surface area contributed by atoms with Gasteiger partial charge in [0.2, 0.25) is 0 Å². The normalized spacial score (nSPS) is 10.4. The third-order valence-electron chi connectivity index (χ3n) is 2.28. The molecular formula is C11H12N2O. The lowest BCUT2D eigenvalue weighted by atomic mass is 10.2. The molecule has 0 saturated carbocycles. The third-order valence-corrected chi connectivity index (χ3v) is 2.28. The van der Waals surface area contributed by atoms with E-state index in [1.807, 2.05) is 25.1 Å². The van der Waals surface area contributed by atoms with Crippen molar-refractivity contribution in [1.82, 2.24) is 9.97 Å². The van der Waals surface area contributed by atoms with E-state index in [1.165, 1.54) is 0 Å². The molecule has 0 saturated heterocycles. The van der Waals surface area contributed by atoms with Crippen LogP contribution < -0.4 is 0 Å². The minimum absolute atomic E-state index is 0.0768. The van der Waals surface area contributed by atoms with Gasteiger partial charge in [0.1, 0.15) is 0 Å². The minimum atomic E-state index is 0.0768. The van der Waals surface area contributed by atoms with Gasteiger partial charge in [-0.3, -0.25) is 4.98 Å². The maximum Gasteiger partial charge on any atom is 0.0699 e. The number of H-pyrrole nitrogens is 1. The number of aliphatic hydroxyl groups excluding tert-OH is 1. The number of aromatic nitrogens is 2. The molecule has 0 aliphatic heterocycles. The molecule has 0 spiro atoms. The highest BCUT2D eigenvalue weighted by molar-refractivity contribution is 5.60. The van der Waals surface area contributed by atoms with Crippen LogP contribution in [0.15, 0.2) is 30.6 Å². The van der Waals surface area contributed by atoms with Crippen LogP contribution in [0.4, 0.5) is 0 Å². The van der Waals surface area contributed by atoms with Crippen molar-refractivity contribution >= 4 is 0 Å². The fourth-order valence-electron chi connectivity index (χ4n) is 1.45. The minimum Gasteiger partial charge on any atom is -0.392 e. The summed E-state index contributed by atoms with van der Waals surface area (Å²) in [7, 11) is 0. The number of aryl methyl sites for hydroxylation is 1. The van der Waals surface area contributed by atoms with Crippen LogP contribution in [0.5, 0.6) is 0 Å². The first-order valence-corrected chi connectivity index (χ1v) is 4.51. The van der Waals surface area contributed by atoms with Gasteiger partial charge in [0.25, 0.3) is 0 Å². The first-order valence-electron chi connectivity index (χ1n) is 4.51. The molecule has 0 aromatic carbocycles. The smallest absolute Gasteiger partial charge is 0.0699 e. The van der Waals surface area contributed by atoms with Gasteiger partial charge in [-0.05, 0) is 30.7 Å². The van der Waals surface area contributed by atoms with Crippen LogP contribution >= 0.6 is 0 Å². The Balaban J connectivity index is 2.43. The lowest BCUT2D eigenvalue weighted by Crippen LogP contribution is -1.81. The highest BCUT2D eigenvalue weighted by Crippen LogP contribution is 2.20. The Kier molecular flexibility index (Phi) is 2.33. The number of nitrogens with one attached hydrogen (secondary N) is 1. The van der Waals surface area contributed by atoms with Crippen LogP contribution in [-0.2, 0) is 6.61 Å². The van der Waals surface area contributed by atoms with E-state index in [2.05, 4.69) is 9.97 Å². The Bertz CT molecular complexity index is 420. The van der Waals surface area contributed by atoms with Crippen molar-refractivity contribution in [1.29, 1.82) is 0 Å². The summed E-state index contributed by atoms with van der Waals surface area (Å²) >= 11 is 0. The molecule has 72 valence electrons. The third kappa shape index (κ3) is 1.54. The summed E-state index contributed by atoms with van der Waals surface area (Å²) < 4.78 is 0. The van der Waals surface area contributed by atoms with Gasteiger partial charge in [-0.1, -0.05) is 0 Å². The maximum atomic E-state index is 9.05. The van der Waals surface area contributed by atoms with Crippen LogP contribution in [0.2, 0.25) is 0 Å². The Morgan fingerprint density at radius 3 is 2.64 bits per heavy atom. The lowest BCUT2D eigenvalue weighted by Gasteiger charge is -1.94. The molecule has 0 unspecified atom stereocenters. The van der Waals surface area contributed by atoms with E-state index >= 15 is 0 Å². The standard InChI is InChI=1S/C11H12N2O/c1-8-10(7-14)6-11(13-8)9-2-4-12-5-3-9/h2-6,13-14H,7H2,1H3. The Morgan fingerprint density at radius 1 is 1.36 bits per heavy atom. The molecular weight excluding hydrogens is 176 g/mol. The number of aromatic amines is 1. The molecule has 3 heteroatoms. The lowest BCUT2D eigenvalue weighted by molar-refractivity contribution is 0.281. The number of pyridine rings is 1. The van der Waals surface area contributed by atoms with E-state index in [-0.39, 0.29) is 6.61 Å². The largest absolute Gasteiger partial charge is 0.392 e. The van der Waals surface area contributed by atoms with Gasteiger partial charge in [0.05, 0.1) is 6.61 Å². The molecule has 2 N–H and O–H groups in total. The van der Waals surface area contributed by atoms with Crippen LogP contribution in [0, 0.1) is 6.92 Å². The summed E-state index contributed by atoms with van der Waals surface area (Å²) in [6.07, 6.45) is 3.51. The molecule has 2 heterocycles. The van der Waals surface area contributed by atoms with Gasteiger partial charge in [-0.25, -0.2) is 0 Å². The van der Waals surface area contributed by atoms with Crippen molar-refractivity contribution < 1.29 is 5.11 Å². The Hall–Kier alpha value is -1.61. The highest BCUT2D eigenvalue weighted by Gasteiger charge is 2.04. The zero-order valence-electron chi connectivity index (χ0n) is 7.99. The van der Waals surface area contributed by atoms with Gasteiger partial charge < -0.3 is 10.1 Å². The van der Waals surface area contributed by atoms with E-state index in [4.69, 9.17) is 5.11 Å². The summed E-state index contributed by atoms with van der Waals surface area (Å²) in [4.78, 5) is 7.18. The number of rotatable bonds is 2. The molecule has 0 fully saturated rings. The molecule has 2 aromatic rings. The molecule has 0 amide bonds. The second-order valence-electron chi connectivity index (χ2n) is 3.23. The van der Waals surface area contributed by atoms with Crippen molar-refractivity contribution in [3.05, 3.63) is 41.9 Å². The summed E-state index contributed by atoms with van der Waals surface area (Å²) in [5.74, 6) is 0. The zero-order chi connectivity index (χ0) is 9.97. The summed E-state index contributed by atoms with van der Waals surface area (Å²) in [5.41, 5.74) is 4.06. The van der Waals surface area contributed by atoms with Gasteiger partial charge in [0.15, 0.2) is 0 Å². The van der Waals surface area contributed by atoms with Gasteiger partial charge in [-0.15, -0.1) is 0 Å². The van der Waals surface area contributed by atoms with Gasteiger partial charge >= 0.3 is 0 Å².